The molecule has 0 radical (unpaired) electrons. The molecule has 5 nitrogen and oxygen atoms in total. The highest BCUT2D eigenvalue weighted by Gasteiger charge is 2.30. The Hall–Kier alpha value is -1.95. The van der Waals surface area contributed by atoms with E-state index in [0.29, 0.717) is 5.13 Å². The number of methoxy groups -OCH3 is 1. The summed E-state index contributed by atoms with van der Waals surface area (Å²) in [5.41, 5.74) is 0.808. The van der Waals surface area contributed by atoms with Crippen LogP contribution in [0.3, 0.4) is 0 Å². The first-order valence-electron chi connectivity index (χ1n) is 5.44. The van der Waals surface area contributed by atoms with Gasteiger partial charge in [0.15, 0.2) is 10.9 Å². The number of thiazole rings is 1. The van der Waals surface area contributed by atoms with Gasteiger partial charge in [0.05, 0.1) is 30.3 Å². The van der Waals surface area contributed by atoms with Crippen LogP contribution in [0.1, 0.15) is 6.42 Å². The van der Waals surface area contributed by atoms with Crippen molar-refractivity contribution in [3.63, 3.8) is 0 Å². The fourth-order valence-corrected chi connectivity index (χ4v) is 2.90. The number of ketones is 1. The summed E-state index contributed by atoms with van der Waals surface area (Å²) in [6.07, 6.45) is -0.0146. The van der Waals surface area contributed by atoms with E-state index in [0.717, 1.165) is 16.0 Å². The Labute approximate surface area is 107 Å². The van der Waals surface area contributed by atoms with Crippen LogP contribution in [0.15, 0.2) is 18.2 Å². The fourth-order valence-electron chi connectivity index (χ4n) is 1.89. The van der Waals surface area contributed by atoms with Gasteiger partial charge in [-0.3, -0.25) is 14.5 Å². The maximum Gasteiger partial charge on any atom is 0.236 e. The van der Waals surface area contributed by atoms with E-state index in [4.69, 9.17) is 4.74 Å². The number of amides is 1. The molecule has 0 spiro atoms. The maximum absolute atomic E-state index is 11.6. The first-order chi connectivity index (χ1) is 8.67. The molecule has 0 bridgehead atoms. The van der Waals surface area contributed by atoms with E-state index in [9.17, 15) is 9.59 Å². The van der Waals surface area contributed by atoms with E-state index in [1.54, 1.807) is 7.11 Å². The topological polar surface area (TPSA) is 59.5 Å². The van der Waals surface area contributed by atoms with Gasteiger partial charge in [0.1, 0.15) is 5.75 Å². The maximum atomic E-state index is 11.6. The first kappa shape index (κ1) is 11.2. The van der Waals surface area contributed by atoms with E-state index in [-0.39, 0.29) is 24.7 Å². The second-order valence-corrected chi connectivity index (χ2v) is 5.03. The molecule has 18 heavy (non-hydrogen) atoms. The summed E-state index contributed by atoms with van der Waals surface area (Å²) in [6, 6.07) is 5.54. The number of hydrogen-bond acceptors (Lipinski definition) is 5. The monoisotopic (exact) mass is 262 g/mol. The highest BCUT2D eigenvalue weighted by Crippen LogP contribution is 2.32. The molecule has 0 N–H and O–H groups in total. The molecule has 0 atom stereocenters. The van der Waals surface area contributed by atoms with Crippen molar-refractivity contribution >= 4 is 38.4 Å². The Morgan fingerprint density at radius 2 is 2.22 bits per heavy atom. The predicted molar refractivity (Wildman–Crippen MR) is 68.1 cm³/mol. The molecule has 1 saturated heterocycles. The van der Waals surface area contributed by atoms with Gasteiger partial charge in [-0.1, -0.05) is 11.3 Å². The molecule has 0 saturated carbocycles. The van der Waals surface area contributed by atoms with Gasteiger partial charge in [0.2, 0.25) is 5.91 Å². The zero-order chi connectivity index (χ0) is 12.7. The van der Waals surface area contributed by atoms with E-state index in [2.05, 4.69) is 4.98 Å². The molecule has 1 fully saturated rings. The van der Waals surface area contributed by atoms with Crippen molar-refractivity contribution in [2.24, 2.45) is 0 Å². The molecule has 6 heteroatoms. The van der Waals surface area contributed by atoms with Crippen molar-refractivity contribution < 1.29 is 14.3 Å². The number of carbonyl (C=O) groups is 2. The Morgan fingerprint density at radius 1 is 1.39 bits per heavy atom. The molecule has 0 aliphatic carbocycles. The number of rotatable bonds is 2. The zero-order valence-corrected chi connectivity index (χ0v) is 10.5. The molecule has 3 rings (SSSR count). The molecule has 2 aromatic rings. The minimum Gasteiger partial charge on any atom is -0.497 e. The summed E-state index contributed by atoms with van der Waals surface area (Å²) in [4.78, 5) is 28.7. The van der Waals surface area contributed by atoms with Crippen LogP contribution in [0.25, 0.3) is 10.2 Å². The van der Waals surface area contributed by atoms with Gasteiger partial charge in [0.25, 0.3) is 0 Å². The number of fused-ring (bicyclic) bond motifs is 1. The molecular formula is C12H10N2O3S. The Balaban J connectivity index is 2.03. The molecule has 1 amide bonds. The van der Waals surface area contributed by atoms with Gasteiger partial charge in [-0.2, -0.15) is 0 Å². The fraction of sp³-hybridized carbons (Fsp3) is 0.250. The number of carbonyl (C=O) groups excluding carboxylic acids is 2. The standard InChI is InChI=1S/C12H10N2O3S/c1-17-8-2-3-9-10(5-8)18-12(13-9)14-6-7(15)4-11(14)16/h2-3,5H,4,6H2,1H3. The summed E-state index contributed by atoms with van der Waals surface area (Å²) >= 11 is 1.39. The normalized spacial score (nSPS) is 15.7. The van der Waals surface area contributed by atoms with Gasteiger partial charge < -0.3 is 4.74 Å². The van der Waals surface area contributed by atoms with Crippen LogP contribution in [0.2, 0.25) is 0 Å². The lowest BCUT2D eigenvalue weighted by Gasteiger charge is -2.08. The summed E-state index contributed by atoms with van der Waals surface area (Å²) < 4.78 is 6.08. The third kappa shape index (κ3) is 1.74. The van der Waals surface area contributed by atoms with Crippen molar-refractivity contribution in [3.05, 3.63) is 18.2 Å². The largest absolute Gasteiger partial charge is 0.497 e. The average molecular weight is 262 g/mol. The Kier molecular flexibility index (Phi) is 2.52. The minimum atomic E-state index is -0.175. The SMILES string of the molecule is COc1ccc2nc(N3CC(=O)CC3=O)sc2c1. The van der Waals surface area contributed by atoms with Gasteiger partial charge in [0, 0.05) is 0 Å². The number of ether oxygens (including phenoxy) is 1. The first-order valence-corrected chi connectivity index (χ1v) is 6.25. The van der Waals surface area contributed by atoms with Gasteiger partial charge in [-0.15, -0.1) is 0 Å². The second-order valence-electron chi connectivity index (χ2n) is 4.03. The Morgan fingerprint density at radius 3 is 2.89 bits per heavy atom. The van der Waals surface area contributed by atoms with Crippen LogP contribution < -0.4 is 9.64 Å². The summed E-state index contributed by atoms with van der Waals surface area (Å²) in [5.74, 6) is 0.518. The summed E-state index contributed by atoms with van der Waals surface area (Å²) in [6.45, 7) is 0.135. The molecular weight excluding hydrogens is 252 g/mol. The molecule has 1 aliphatic heterocycles. The average Bonchev–Trinajstić information content (AvgIpc) is 2.90. The van der Waals surface area contributed by atoms with Crippen molar-refractivity contribution in [3.8, 4) is 5.75 Å². The third-order valence-corrected chi connectivity index (χ3v) is 3.84. The molecule has 1 aromatic heterocycles. The second kappa shape index (κ2) is 4.06. The van der Waals surface area contributed by atoms with Crippen LogP contribution in [0.4, 0.5) is 5.13 Å². The van der Waals surface area contributed by atoms with Crippen LogP contribution in [-0.4, -0.2) is 30.3 Å². The minimum absolute atomic E-state index is 0.0146. The zero-order valence-electron chi connectivity index (χ0n) is 9.67. The highest BCUT2D eigenvalue weighted by molar-refractivity contribution is 7.22. The number of hydrogen-bond donors (Lipinski definition) is 0. The lowest BCUT2D eigenvalue weighted by atomic mass is 10.3. The summed E-state index contributed by atoms with van der Waals surface area (Å²) in [7, 11) is 1.60. The highest BCUT2D eigenvalue weighted by atomic mass is 32.1. The predicted octanol–water partition coefficient (Wildman–Crippen LogP) is 1.61. The lowest BCUT2D eigenvalue weighted by molar-refractivity contribution is -0.121. The molecule has 92 valence electrons. The number of nitrogens with zero attached hydrogens (tertiary/aromatic N) is 2. The molecule has 2 heterocycles. The summed E-state index contributed by atoms with van der Waals surface area (Å²) in [5, 5.41) is 0.578. The quantitative estimate of drug-likeness (QED) is 0.771. The van der Waals surface area contributed by atoms with E-state index in [1.807, 2.05) is 18.2 Å². The van der Waals surface area contributed by atoms with Crippen LogP contribution in [-0.2, 0) is 9.59 Å². The van der Waals surface area contributed by atoms with Crippen LogP contribution >= 0.6 is 11.3 Å². The molecule has 0 unspecified atom stereocenters. The van der Waals surface area contributed by atoms with Gasteiger partial charge in [-0.25, -0.2) is 4.98 Å². The molecule has 1 aromatic carbocycles. The Bertz CT molecular complexity index is 650. The molecule has 1 aliphatic rings. The number of Topliss-reactive ketones (excluding diaryl/α,β-unsaturated/α-hetero) is 1. The van der Waals surface area contributed by atoms with Crippen LogP contribution in [0, 0.1) is 0 Å². The van der Waals surface area contributed by atoms with Crippen LogP contribution in [0.5, 0.6) is 5.75 Å². The van der Waals surface area contributed by atoms with Crippen molar-refractivity contribution in [1.29, 1.82) is 0 Å². The number of aromatic nitrogens is 1. The number of benzene rings is 1. The van der Waals surface area contributed by atoms with Crippen molar-refractivity contribution in [2.45, 2.75) is 6.42 Å². The van der Waals surface area contributed by atoms with E-state index >= 15 is 0 Å². The van der Waals surface area contributed by atoms with E-state index < -0.39 is 0 Å². The van der Waals surface area contributed by atoms with Crippen molar-refractivity contribution in [2.75, 3.05) is 18.6 Å². The lowest BCUT2D eigenvalue weighted by Crippen LogP contribution is -2.24. The number of anilines is 1. The van der Waals surface area contributed by atoms with Gasteiger partial charge in [-0.05, 0) is 18.2 Å². The third-order valence-electron chi connectivity index (χ3n) is 2.80. The smallest absolute Gasteiger partial charge is 0.236 e. The van der Waals surface area contributed by atoms with Crippen molar-refractivity contribution in [1.82, 2.24) is 4.98 Å². The van der Waals surface area contributed by atoms with E-state index in [1.165, 1.54) is 16.2 Å². The van der Waals surface area contributed by atoms with Gasteiger partial charge >= 0.3 is 0 Å².